The van der Waals surface area contributed by atoms with Crippen molar-refractivity contribution in [2.24, 2.45) is 0 Å². The van der Waals surface area contributed by atoms with Crippen LogP contribution in [0.2, 0.25) is 0 Å². The van der Waals surface area contributed by atoms with E-state index in [4.69, 9.17) is 4.74 Å². The number of aromatic amines is 1. The second kappa shape index (κ2) is 8.20. The number of aliphatic hydroxyl groups excluding tert-OH is 1. The number of para-hydroxylation sites is 1. The number of fused-ring (bicyclic) bond motifs is 1. The van der Waals surface area contributed by atoms with Crippen molar-refractivity contribution >= 4 is 11.0 Å². The van der Waals surface area contributed by atoms with Gasteiger partial charge in [-0.3, -0.25) is 10.1 Å². The van der Waals surface area contributed by atoms with Crippen LogP contribution in [0.25, 0.3) is 33.4 Å². The van der Waals surface area contributed by atoms with Crippen LogP contribution >= 0.6 is 0 Å². The molecule has 0 radical (unpaired) electrons. The molecule has 0 saturated carbocycles. The predicted molar refractivity (Wildman–Crippen MR) is 120 cm³/mol. The van der Waals surface area contributed by atoms with Crippen LogP contribution in [0, 0.1) is 5.82 Å². The van der Waals surface area contributed by atoms with Gasteiger partial charge in [0.2, 0.25) is 0 Å². The molecule has 0 bridgehead atoms. The number of methoxy groups -OCH3 is 1. The Hall–Kier alpha value is -4.10. The Labute approximate surface area is 183 Å². The molecule has 0 saturated heterocycles. The number of aliphatic hydroxyl groups is 1. The van der Waals surface area contributed by atoms with Gasteiger partial charge in [-0.05, 0) is 47.5 Å². The van der Waals surface area contributed by atoms with Gasteiger partial charge in [-0.2, -0.15) is 5.10 Å². The maximum absolute atomic E-state index is 14.1. The second-order valence-electron chi connectivity index (χ2n) is 7.29. The van der Waals surface area contributed by atoms with E-state index in [1.165, 1.54) is 18.3 Å². The highest BCUT2D eigenvalue weighted by Gasteiger charge is 2.18. The van der Waals surface area contributed by atoms with Crippen molar-refractivity contribution in [3.05, 3.63) is 96.2 Å². The van der Waals surface area contributed by atoms with E-state index in [1.807, 2.05) is 48.5 Å². The van der Waals surface area contributed by atoms with Gasteiger partial charge < -0.3 is 9.84 Å². The minimum Gasteiger partial charge on any atom is -0.496 e. The fraction of sp³-hybridized carbons (Fsp3) is 0.0800. The Kier molecular flexibility index (Phi) is 5.09. The summed E-state index contributed by atoms with van der Waals surface area (Å²) in [6.07, 6.45) is 2.01. The highest BCUT2D eigenvalue weighted by Crippen LogP contribution is 2.35. The lowest BCUT2D eigenvalue weighted by Gasteiger charge is -2.13. The number of pyridine rings is 2. The molecular weight excluding hydrogens is 407 g/mol. The van der Waals surface area contributed by atoms with Crippen molar-refractivity contribution in [3.8, 4) is 28.1 Å². The molecule has 0 fully saturated rings. The molecule has 7 heteroatoms. The smallest absolute Gasteiger partial charge is 0.181 e. The van der Waals surface area contributed by atoms with Gasteiger partial charge in [-0.1, -0.05) is 30.3 Å². The lowest BCUT2D eigenvalue weighted by Crippen LogP contribution is -2.05. The minimum atomic E-state index is -1.18. The van der Waals surface area contributed by atoms with Crippen LogP contribution < -0.4 is 4.74 Å². The number of halogens is 1. The van der Waals surface area contributed by atoms with Gasteiger partial charge in [0, 0.05) is 28.9 Å². The summed E-state index contributed by atoms with van der Waals surface area (Å²) in [5.74, 6) is 0.180. The third-order valence-electron chi connectivity index (χ3n) is 5.37. The average Bonchev–Trinajstić information content (AvgIpc) is 3.27. The van der Waals surface area contributed by atoms with Gasteiger partial charge in [0.25, 0.3) is 0 Å². The van der Waals surface area contributed by atoms with Crippen LogP contribution in [0.3, 0.4) is 0 Å². The van der Waals surface area contributed by atoms with Gasteiger partial charge >= 0.3 is 0 Å². The van der Waals surface area contributed by atoms with E-state index in [1.54, 1.807) is 19.4 Å². The van der Waals surface area contributed by atoms with E-state index < -0.39 is 11.9 Å². The fourth-order valence-electron chi connectivity index (χ4n) is 3.76. The summed E-state index contributed by atoms with van der Waals surface area (Å²) < 4.78 is 19.6. The first-order valence-electron chi connectivity index (χ1n) is 10.0. The van der Waals surface area contributed by atoms with E-state index in [2.05, 4.69) is 20.2 Å². The molecule has 32 heavy (non-hydrogen) atoms. The highest BCUT2D eigenvalue weighted by molar-refractivity contribution is 5.94. The Balaban J connectivity index is 1.57. The first kappa shape index (κ1) is 19.8. The number of H-pyrrole nitrogens is 1. The molecule has 6 nitrogen and oxygen atoms in total. The number of hydrogen-bond acceptors (Lipinski definition) is 5. The molecule has 0 aliphatic heterocycles. The lowest BCUT2D eigenvalue weighted by molar-refractivity contribution is 0.209. The van der Waals surface area contributed by atoms with Gasteiger partial charge in [-0.15, -0.1) is 0 Å². The molecule has 0 amide bonds. The lowest BCUT2D eigenvalue weighted by atomic mass is 9.98. The number of ether oxygens (including phenoxy) is 1. The zero-order valence-corrected chi connectivity index (χ0v) is 17.2. The summed E-state index contributed by atoms with van der Waals surface area (Å²) in [6.45, 7) is 0. The molecule has 2 N–H and O–H groups in total. The van der Waals surface area contributed by atoms with E-state index >= 15 is 0 Å². The van der Waals surface area contributed by atoms with E-state index in [9.17, 15) is 9.50 Å². The van der Waals surface area contributed by atoms with Crippen LogP contribution in [-0.4, -0.2) is 32.4 Å². The Bertz CT molecular complexity index is 1420. The van der Waals surface area contributed by atoms with Crippen LogP contribution in [0.1, 0.15) is 17.4 Å². The normalized spacial score (nSPS) is 12.1. The summed E-state index contributed by atoms with van der Waals surface area (Å²) in [7, 11) is 1.63. The standard InChI is InChI=1S/C25H19FN4O2/c1-32-21-10-3-2-8-18(21)22-19-13-17(14-28-25(19)30-29-22)15-6-4-7-16(12-15)24(31)23-20(26)9-5-11-27-23/h2-14,24,31H,1H3,(H,28,29,30). The molecule has 0 spiro atoms. The monoisotopic (exact) mass is 426 g/mol. The topological polar surface area (TPSA) is 83.9 Å². The number of hydrogen-bond donors (Lipinski definition) is 2. The zero-order chi connectivity index (χ0) is 22.1. The molecule has 158 valence electrons. The Morgan fingerprint density at radius 1 is 0.969 bits per heavy atom. The molecule has 3 heterocycles. The Morgan fingerprint density at radius 3 is 2.69 bits per heavy atom. The van der Waals surface area contributed by atoms with Crippen LogP contribution in [0.5, 0.6) is 5.75 Å². The summed E-state index contributed by atoms with van der Waals surface area (Å²) in [6, 6.07) is 19.7. The Morgan fingerprint density at radius 2 is 1.84 bits per heavy atom. The number of nitrogens with zero attached hydrogens (tertiary/aromatic N) is 3. The summed E-state index contributed by atoms with van der Waals surface area (Å²) in [5.41, 5.74) is 4.47. The summed E-state index contributed by atoms with van der Waals surface area (Å²) >= 11 is 0. The first-order chi connectivity index (χ1) is 15.7. The molecule has 3 aromatic heterocycles. The minimum absolute atomic E-state index is 0.00785. The van der Waals surface area contributed by atoms with Gasteiger partial charge in [0.15, 0.2) is 5.65 Å². The quantitative estimate of drug-likeness (QED) is 0.417. The van der Waals surface area contributed by atoms with E-state index in [-0.39, 0.29) is 5.69 Å². The molecule has 5 rings (SSSR count). The van der Waals surface area contributed by atoms with Crippen molar-refractivity contribution in [1.82, 2.24) is 20.2 Å². The van der Waals surface area contributed by atoms with Crippen molar-refractivity contribution in [2.45, 2.75) is 6.10 Å². The molecule has 0 aliphatic carbocycles. The van der Waals surface area contributed by atoms with Gasteiger partial charge in [0.05, 0.1) is 12.8 Å². The van der Waals surface area contributed by atoms with Crippen LogP contribution in [0.15, 0.2) is 79.1 Å². The number of nitrogens with one attached hydrogen (secondary N) is 1. The fourth-order valence-corrected chi connectivity index (χ4v) is 3.76. The first-order valence-corrected chi connectivity index (χ1v) is 10.0. The third kappa shape index (κ3) is 3.48. The summed E-state index contributed by atoms with van der Waals surface area (Å²) in [5, 5.41) is 18.9. The van der Waals surface area contributed by atoms with E-state index in [0.29, 0.717) is 11.2 Å². The molecule has 1 unspecified atom stereocenters. The molecule has 5 aromatic rings. The average molecular weight is 426 g/mol. The van der Waals surface area contributed by atoms with E-state index in [0.717, 1.165) is 33.5 Å². The van der Waals surface area contributed by atoms with Gasteiger partial charge in [-0.25, -0.2) is 9.37 Å². The largest absolute Gasteiger partial charge is 0.496 e. The van der Waals surface area contributed by atoms with Crippen molar-refractivity contribution in [1.29, 1.82) is 0 Å². The molecule has 1 atom stereocenters. The molecule has 2 aromatic carbocycles. The number of aromatic nitrogens is 4. The van der Waals surface area contributed by atoms with Crippen molar-refractivity contribution in [2.75, 3.05) is 7.11 Å². The zero-order valence-electron chi connectivity index (χ0n) is 17.2. The summed E-state index contributed by atoms with van der Waals surface area (Å²) in [4.78, 5) is 8.48. The third-order valence-corrected chi connectivity index (χ3v) is 5.37. The maximum atomic E-state index is 14.1. The van der Waals surface area contributed by atoms with Crippen LogP contribution in [-0.2, 0) is 0 Å². The maximum Gasteiger partial charge on any atom is 0.181 e. The number of benzene rings is 2. The van der Waals surface area contributed by atoms with Crippen molar-refractivity contribution < 1.29 is 14.2 Å². The second-order valence-corrected chi connectivity index (χ2v) is 7.29. The number of rotatable bonds is 5. The SMILES string of the molecule is COc1ccccc1-c1[nH]nc2ncc(-c3cccc(C(O)c4ncccc4F)c3)cc12. The predicted octanol–water partition coefficient (Wildman–Crippen LogP) is 4.92. The highest BCUT2D eigenvalue weighted by atomic mass is 19.1. The van der Waals surface area contributed by atoms with Gasteiger partial charge in [0.1, 0.15) is 23.4 Å². The van der Waals surface area contributed by atoms with Crippen molar-refractivity contribution in [3.63, 3.8) is 0 Å². The molecular formula is C25H19FN4O2. The molecule has 0 aliphatic rings. The van der Waals surface area contributed by atoms with Crippen LogP contribution in [0.4, 0.5) is 4.39 Å².